The molecule has 0 unspecified atom stereocenters. The molecule has 92 valence electrons. The Kier molecular flexibility index (Phi) is 3.45. The molecule has 1 saturated carbocycles. The van der Waals surface area contributed by atoms with Gasteiger partial charge >= 0.3 is 12.0 Å². The second-order valence-corrected chi connectivity index (χ2v) is 5.57. The highest BCUT2D eigenvalue weighted by Crippen LogP contribution is 2.43. The number of urea groups is 1. The third-order valence-electron chi connectivity index (χ3n) is 2.82. The first-order valence-corrected chi connectivity index (χ1v) is 5.50. The molecule has 1 aliphatic rings. The van der Waals surface area contributed by atoms with Crippen LogP contribution in [0.1, 0.15) is 40.0 Å². The first-order chi connectivity index (χ1) is 7.22. The first-order valence-electron chi connectivity index (χ1n) is 5.50. The van der Waals surface area contributed by atoms with Gasteiger partial charge in [-0.3, -0.25) is 4.79 Å². The zero-order chi connectivity index (χ0) is 12.4. The summed E-state index contributed by atoms with van der Waals surface area (Å²) in [7, 11) is 0. The monoisotopic (exact) mass is 228 g/mol. The number of hydrogen-bond acceptors (Lipinski definition) is 2. The molecule has 1 rings (SSSR count). The third-order valence-corrected chi connectivity index (χ3v) is 2.82. The van der Waals surface area contributed by atoms with Gasteiger partial charge in [-0.15, -0.1) is 0 Å². The molecule has 3 N–H and O–H groups in total. The maximum absolute atomic E-state index is 11.5. The second kappa shape index (κ2) is 4.31. The standard InChI is InChI=1S/C11H20N2O3/c1-10(2,6-8(14)15)13-9(16)12-7-11(3)4-5-11/h4-7H2,1-3H3,(H,14,15)(H2,12,13,16). The number of aliphatic carboxylic acids is 1. The van der Waals surface area contributed by atoms with Gasteiger partial charge in [-0.1, -0.05) is 6.92 Å². The van der Waals surface area contributed by atoms with E-state index in [4.69, 9.17) is 5.11 Å². The van der Waals surface area contributed by atoms with E-state index in [1.54, 1.807) is 13.8 Å². The van der Waals surface area contributed by atoms with Crippen molar-refractivity contribution in [1.82, 2.24) is 10.6 Å². The number of amides is 2. The molecule has 2 amide bonds. The maximum Gasteiger partial charge on any atom is 0.315 e. The normalized spacial score (nSPS) is 17.7. The van der Waals surface area contributed by atoms with E-state index in [-0.39, 0.29) is 17.9 Å². The predicted octanol–water partition coefficient (Wildman–Crippen LogP) is 1.34. The maximum atomic E-state index is 11.5. The van der Waals surface area contributed by atoms with E-state index in [1.807, 2.05) is 0 Å². The molecule has 16 heavy (non-hydrogen) atoms. The average molecular weight is 228 g/mol. The lowest BCUT2D eigenvalue weighted by molar-refractivity contribution is -0.138. The van der Waals surface area contributed by atoms with E-state index in [2.05, 4.69) is 17.6 Å². The van der Waals surface area contributed by atoms with Crippen molar-refractivity contribution in [3.05, 3.63) is 0 Å². The van der Waals surface area contributed by atoms with Gasteiger partial charge in [-0.2, -0.15) is 0 Å². The minimum Gasteiger partial charge on any atom is -0.481 e. The Balaban J connectivity index is 2.29. The SMILES string of the molecule is CC1(CNC(=O)NC(C)(C)CC(=O)O)CC1. The summed E-state index contributed by atoms with van der Waals surface area (Å²) in [6, 6.07) is -0.292. The van der Waals surface area contributed by atoms with Crippen molar-refractivity contribution in [2.75, 3.05) is 6.54 Å². The molecule has 0 aliphatic heterocycles. The summed E-state index contributed by atoms with van der Waals surface area (Å²) < 4.78 is 0. The van der Waals surface area contributed by atoms with Gasteiger partial charge in [0.1, 0.15) is 0 Å². The molecular formula is C11H20N2O3. The van der Waals surface area contributed by atoms with E-state index >= 15 is 0 Å². The number of carboxylic acids is 1. The van der Waals surface area contributed by atoms with E-state index in [9.17, 15) is 9.59 Å². The van der Waals surface area contributed by atoms with Gasteiger partial charge in [0, 0.05) is 12.1 Å². The Labute approximate surface area is 95.6 Å². The lowest BCUT2D eigenvalue weighted by Crippen LogP contribution is -2.50. The summed E-state index contributed by atoms with van der Waals surface area (Å²) >= 11 is 0. The van der Waals surface area contributed by atoms with Gasteiger partial charge in [-0.25, -0.2) is 4.79 Å². The van der Waals surface area contributed by atoms with Crippen LogP contribution in [0.5, 0.6) is 0 Å². The van der Waals surface area contributed by atoms with Crippen LogP contribution in [-0.2, 0) is 4.79 Å². The zero-order valence-corrected chi connectivity index (χ0v) is 10.1. The summed E-state index contributed by atoms with van der Waals surface area (Å²) in [5.74, 6) is -0.917. The molecule has 0 aromatic carbocycles. The van der Waals surface area contributed by atoms with Crippen LogP contribution in [0.4, 0.5) is 4.79 Å². The summed E-state index contributed by atoms with van der Waals surface area (Å²) in [6.07, 6.45) is 2.20. The van der Waals surface area contributed by atoms with Crippen LogP contribution in [0.2, 0.25) is 0 Å². The van der Waals surface area contributed by atoms with E-state index in [0.29, 0.717) is 6.54 Å². The van der Waals surface area contributed by atoms with Crippen LogP contribution in [0, 0.1) is 5.41 Å². The van der Waals surface area contributed by atoms with Crippen LogP contribution in [0.15, 0.2) is 0 Å². The van der Waals surface area contributed by atoms with E-state index in [0.717, 1.165) is 12.8 Å². The van der Waals surface area contributed by atoms with Gasteiger partial charge in [0.15, 0.2) is 0 Å². The molecule has 5 nitrogen and oxygen atoms in total. The molecule has 0 heterocycles. The average Bonchev–Trinajstić information content (AvgIpc) is 2.78. The van der Waals surface area contributed by atoms with Crippen LogP contribution >= 0.6 is 0 Å². The number of carboxylic acid groups (broad SMARTS) is 1. The van der Waals surface area contributed by atoms with Crippen LogP contribution in [0.3, 0.4) is 0 Å². The fourth-order valence-corrected chi connectivity index (χ4v) is 1.46. The van der Waals surface area contributed by atoms with Crippen molar-refractivity contribution < 1.29 is 14.7 Å². The fourth-order valence-electron chi connectivity index (χ4n) is 1.46. The number of carbonyl (C=O) groups excluding carboxylic acids is 1. The minimum atomic E-state index is -0.917. The number of rotatable bonds is 5. The summed E-state index contributed by atoms with van der Waals surface area (Å²) in [5.41, 5.74) is -0.464. The molecular weight excluding hydrogens is 208 g/mol. The van der Waals surface area contributed by atoms with Crippen molar-refractivity contribution >= 4 is 12.0 Å². The Hall–Kier alpha value is -1.26. The third kappa shape index (κ3) is 4.51. The number of hydrogen-bond donors (Lipinski definition) is 3. The number of carbonyl (C=O) groups is 2. The summed E-state index contributed by atoms with van der Waals surface area (Å²) in [4.78, 5) is 22.1. The molecule has 0 atom stereocenters. The highest BCUT2D eigenvalue weighted by Gasteiger charge is 2.37. The van der Waals surface area contributed by atoms with Crippen LogP contribution < -0.4 is 10.6 Å². The van der Waals surface area contributed by atoms with E-state index in [1.165, 1.54) is 0 Å². The second-order valence-electron chi connectivity index (χ2n) is 5.57. The van der Waals surface area contributed by atoms with Crippen molar-refractivity contribution in [3.8, 4) is 0 Å². The molecule has 0 radical (unpaired) electrons. The van der Waals surface area contributed by atoms with Crippen molar-refractivity contribution in [1.29, 1.82) is 0 Å². The molecule has 0 aromatic heterocycles. The summed E-state index contributed by atoms with van der Waals surface area (Å²) in [6.45, 7) is 6.16. The molecule has 0 saturated heterocycles. The first kappa shape index (κ1) is 12.8. The van der Waals surface area contributed by atoms with Crippen molar-refractivity contribution in [3.63, 3.8) is 0 Å². The minimum absolute atomic E-state index is 0.0856. The summed E-state index contributed by atoms with van der Waals surface area (Å²) in [5, 5.41) is 14.1. The van der Waals surface area contributed by atoms with Crippen molar-refractivity contribution in [2.24, 2.45) is 5.41 Å². The highest BCUT2D eigenvalue weighted by molar-refractivity contribution is 5.76. The molecule has 1 fully saturated rings. The van der Waals surface area contributed by atoms with Crippen LogP contribution in [-0.4, -0.2) is 29.2 Å². The Morgan fingerprint density at radius 2 is 1.94 bits per heavy atom. The molecule has 5 heteroatoms. The van der Waals surface area contributed by atoms with Crippen LogP contribution in [0.25, 0.3) is 0 Å². The predicted molar refractivity (Wildman–Crippen MR) is 60.2 cm³/mol. The van der Waals surface area contributed by atoms with E-state index < -0.39 is 11.5 Å². The van der Waals surface area contributed by atoms with Gasteiger partial charge in [0.25, 0.3) is 0 Å². The largest absolute Gasteiger partial charge is 0.481 e. The van der Waals surface area contributed by atoms with Crippen molar-refractivity contribution in [2.45, 2.75) is 45.6 Å². The molecule has 0 bridgehead atoms. The topological polar surface area (TPSA) is 78.4 Å². The zero-order valence-electron chi connectivity index (χ0n) is 10.1. The highest BCUT2D eigenvalue weighted by atomic mass is 16.4. The number of nitrogens with one attached hydrogen (secondary N) is 2. The lowest BCUT2D eigenvalue weighted by atomic mass is 10.0. The smallest absolute Gasteiger partial charge is 0.315 e. The molecule has 1 aliphatic carbocycles. The Morgan fingerprint density at radius 1 is 1.38 bits per heavy atom. The Morgan fingerprint density at radius 3 is 2.38 bits per heavy atom. The van der Waals surface area contributed by atoms with Gasteiger partial charge < -0.3 is 15.7 Å². The van der Waals surface area contributed by atoms with Gasteiger partial charge in [-0.05, 0) is 32.1 Å². The fraction of sp³-hybridized carbons (Fsp3) is 0.818. The quantitative estimate of drug-likeness (QED) is 0.664. The van der Waals surface area contributed by atoms with Gasteiger partial charge in [0.2, 0.25) is 0 Å². The lowest BCUT2D eigenvalue weighted by Gasteiger charge is -2.24. The molecule has 0 spiro atoms. The van der Waals surface area contributed by atoms with Gasteiger partial charge in [0.05, 0.1) is 6.42 Å². The molecule has 0 aromatic rings. The Bertz CT molecular complexity index is 296.